The summed E-state index contributed by atoms with van der Waals surface area (Å²) >= 11 is 0. The molecule has 0 aliphatic rings. The molecule has 0 heterocycles. The van der Waals surface area contributed by atoms with Crippen LogP contribution in [0.2, 0.25) is 0 Å². The number of carbonyl (C=O) groups excluding carboxylic acids is 4. The molecular formula is C68H130O8. The Morgan fingerprint density at radius 3 is 0.645 bits per heavy atom. The summed E-state index contributed by atoms with van der Waals surface area (Å²) in [5.41, 5.74) is 0. The van der Waals surface area contributed by atoms with Crippen molar-refractivity contribution in [2.24, 2.45) is 0 Å². The van der Waals surface area contributed by atoms with Crippen LogP contribution in [0.1, 0.15) is 387 Å². The Bertz CT molecular complexity index is 1220. The average molecular weight is 1080 g/mol. The molecule has 0 N–H and O–H groups in total. The molecule has 0 aliphatic heterocycles. The van der Waals surface area contributed by atoms with Crippen LogP contribution in [0.25, 0.3) is 0 Å². The molecule has 0 rings (SSSR count). The van der Waals surface area contributed by atoms with Gasteiger partial charge < -0.3 is 18.9 Å². The van der Waals surface area contributed by atoms with Gasteiger partial charge in [0.05, 0.1) is 13.2 Å². The fourth-order valence-corrected chi connectivity index (χ4v) is 10.6. The van der Waals surface area contributed by atoms with Gasteiger partial charge in [0.1, 0.15) is 12.2 Å². The van der Waals surface area contributed by atoms with E-state index in [9.17, 15) is 19.2 Å². The molecule has 450 valence electrons. The molecule has 0 aliphatic carbocycles. The van der Waals surface area contributed by atoms with Gasteiger partial charge in [0, 0.05) is 25.7 Å². The number of hydrogen-bond donors (Lipinski definition) is 0. The molecule has 0 saturated heterocycles. The van der Waals surface area contributed by atoms with Crippen LogP contribution in [0.15, 0.2) is 0 Å². The second-order valence-electron chi connectivity index (χ2n) is 23.4. The highest BCUT2D eigenvalue weighted by Crippen LogP contribution is 2.21. The van der Waals surface area contributed by atoms with Crippen LogP contribution in [0, 0.1) is 0 Å². The molecule has 0 aromatic carbocycles. The van der Waals surface area contributed by atoms with E-state index in [1.54, 1.807) is 0 Å². The van der Waals surface area contributed by atoms with E-state index in [1.807, 2.05) is 0 Å². The van der Waals surface area contributed by atoms with Gasteiger partial charge in [-0.1, -0.05) is 272 Å². The van der Waals surface area contributed by atoms with Crippen LogP contribution in [-0.2, 0) is 38.1 Å². The first-order chi connectivity index (χ1) is 37.4. The Kier molecular flexibility index (Phi) is 60.4. The highest BCUT2D eigenvalue weighted by Gasteiger charge is 2.16. The molecule has 8 nitrogen and oxygen atoms in total. The van der Waals surface area contributed by atoms with Crippen molar-refractivity contribution in [2.45, 2.75) is 399 Å². The van der Waals surface area contributed by atoms with Crippen LogP contribution in [-0.4, -0.2) is 49.3 Å². The first-order valence-electron chi connectivity index (χ1n) is 34.1. The minimum absolute atomic E-state index is 0.00496. The zero-order chi connectivity index (χ0) is 55.3. The van der Waals surface area contributed by atoms with E-state index in [4.69, 9.17) is 18.9 Å². The van der Waals surface area contributed by atoms with E-state index in [1.165, 1.54) is 180 Å². The molecule has 0 radical (unpaired) electrons. The molecule has 2 unspecified atom stereocenters. The monoisotopic (exact) mass is 1070 g/mol. The number of hydrogen-bond acceptors (Lipinski definition) is 8. The number of ether oxygens (including phenoxy) is 4. The minimum Gasteiger partial charge on any atom is -0.466 e. The van der Waals surface area contributed by atoms with E-state index >= 15 is 0 Å². The van der Waals surface area contributed by atoms with Gasteiger partial charge in [-0.3, -0.25) is 19.2 Å². The maximum absolute atomic E-state index is 12.7. The Hall–Kier alpha value is -2.12. The maximum atomic E-state index is 12.7. The van der Waals surface area contributed by atoms with Crippen molar-refractivity contribution >= 4 is 23.9 Å². The second-order valence-corrected chi connectivity index (χ2v) is 23.4. The van der Waals surface area contributed by atoms with Gasteiger partial charge in [-0.05, 0) is 89.9 Å². The van der Waals surface area contributed by atoms with Crippen LogP contribution < -0.4 is 0 Å². The van der Waals surface area contributed by atoms with Crippen molar-refractivity contribution in [3.05, 3.63) is 0 Å². The largest absolute Gasteiger partial charge is 0.466 e. The van der Waals surface area contributed by atoms with Gasteiger partial charge in [-0.15, -0.1) is 0 Å². The fraction of sp³-hybridized carbons (Fsp3) is 0.941. The van der Waals surface area contributed by atoms with Crippen LogP contribution in [0.5, 0.6) is 0 Å². The van der Waals surface area contributed by atoms with Crippen molar-refractivity contribution < 1.29 is 38.1 Å². The normalized spacial score (nSPS) is 12.2. The SMILES string of the molecule is CCCCCCCCCC(=O)OC(CCCCCCCC)CCCCCCCCC(=O)OCCCCCCCCCCCCOC(=O)CCCCCCCC(CCCCCCCCC)OC(=O)CCCCCCCCC. The second kappa shape index (κ2) is 62.1. The third-order valence-electron chi connectivity index (χ3n) is 15.7. The summed E-state index contributed by atoms with van der Waals surface area (Å²) in [6.07, 6.45) is 63.3. The maximum Gasteiger partial charge on any atom is 0.306 e. The summed E-state index contributed by atoms with van der Waals surface area (Å²) in [7, 11) is 0. The van der Waals surface area contributed by atoms with E-state index in [0.29, 0.717) is 38.9 Å². The summed E-state index contributed by atoms with van der Waals surface area (Å²) in [4.78, 5) is 49.9. The average Bonchev–Trinajstić information content (AvgIpc) is 3.41. The summed E-state index contributed by atoms with van der Waals surface area (Å²) in [6.45, 7) is 10.1. The van der Waals surface area contributed by atoms with E-state index < -0.39 is 0 Å². The first-order valence-corrected chi connectivity index (χ1v) is 34.1. The molecule has 0 aromatic heterocycles. The summed E-state index contributed by atoms with van der Waals surface area (Å²) in [5, 5.41) is 0. The smallest absolute Gasteiger partial charge is 0.306 e. The molecule has 0 aromatic rings. The number of esters is 4. The fourth-order valence-electron chi connectivity index (χ4n) is 10.6. The Morgan fingerprint density at radius 1 is 0.224 bits per heavy atom. The van der Waals surface area contributed by atoms with Crippen molar-refractivity contribution in [3.63, 3.8) is 0 Å². The molecular weight excluding hydrogens is 945 g/mol. The van der Waals surface area contributed by atoms with Crippen LogP contribution in [0.4, 0.5) is 0 Å². The number of rotatable bonds is 63. The first kappa shape index (κ1) is 73.9. The van der Waals surface area contributed by atoms with Crippen LogP contribution in [0.3, 0.4) is 0 Å². The summed E-state index contributed by atoms with van der Waals surface area (Å²) < 4.78 is 23.1. The third kappa shape index (κ3) is 58.0. The van der Waals surface area contributed by atoms with Crippen molar-refractivity contribution in [1.82, 2.24) is 0 Å². The van der Waals surface area contributed by atoms with Crippen molar-refractivity contribution in [3.8, 4) is 0 Å². The van der Waals surface area contributed by atoms with E-state index in [0.717, 1.165) is 154 Å². The molecule has 0 bridgehead atoms. The summed E-state index contributed by atoms with van der Waals surface area (Å²) in [6, 6.07) is 0. The van der Waals surface area contributed by atoms with Gasteiger partial charge >= 0.3 is 23.9 Å². The zero-order valence-corrected chi connectivity index (χ0v) is 51.4. The Balaban J connectivity index is 3.85. The number of carbonyl (C=O) groups is 4. The quantitative estimate of drug-likeness (QED) is 0.0337. The molecule has 0 saturated carbocycles. The summed E-state index contributed by atoms with van der Waals surface area (Å²) in [5.74, 6) is -0.0803. The molecule has 8 heteroatoms. The van der Waals surface area contributed by atoms with Crippen molar-refractivity contribution in [2.75, 3.05) is 13.2 Å². The molecule has 76 heavy (non-hydrogen) atoms. The van der Waals surface area contributed by atoms with Gasteiger partial charge in [-0.2, -0.15) is 0 Å². The topological polar surface area (TPSA) is 105 Å². The molecule has 2 atom stereocenters. The predicted molar refractivity (Wildman–Crippen MR) is 323 cm³/mol. The third-order valence-corrected chi connectivity index (χ3v) is 15.7. The lowest BCUT2D eigenvalue weighted by molar-refractivity contribution is -0.151. The van der Waals surface area contributed by atoms with Gasteiger partial charge in [0.25, 0.3) is 0 Å². The van der Waals surface area contributed by atoms with E-state index in [-0.39, 0.29) is 36.1 Å². The van der Waals surface area contributed by atoms with E-state index in [2.05, 4.69) is 27.7 Å². The van der Waals surface area contributed by atoms with Gasteiger partial charge in [-0.25, -0.2) is 0 Å². The highest BCUT2D eigenvalue weighted by atomic mass is 16.6. The zero-order valence-electron chi connectivity index (χ0n) is 51.4. The lowest BCUT2D eigenvalue weighted by Gasteiger charge is -2.18. The number of unbranched alkanes of at least 4 members (excludes halogenated alkanes) is 41. The predicted octanol–water partition coefficient (Wildman–Crippen LogP) is 21.8. The Labute approximate surface area is 472 Å². The van der Waals surface area contributed by atoms with Crippen molar-refractivity contribution in [1.29, 1.82) is 0 Å². The lowest BCUT2D eigenvalue weighted by atomic mass is 10.0. The van der Waals surface area contributed by atoms with Crippen LogP contribution >= 0.6 is 0 Å². The molecule has 0 fully saturated rings. The lowest BCUT2D eigenvalue weighted by Crippen LogP contribution is -2.18. The van der Waals surface area contributed by atoms with Gasteiger partial charge in [0.15, 0.2) is 0 Å². The Morgan fingerprint density at radius 2 is 0.408 bits per heavy atom. The van der Waals surface area contributed by atoms with Gasteiger partial charge in [0.2, 0.25) is 0 Å². The standard InChI is InChI=1S/C68H130O8/c1-5-9-13-17-25-34-44-54-64(76-68(72)60-50-39-27-19-15-11-7-3)56-46-36-32-40-48-58-66(70)74-62-52-42-31-24-22-21-23-30-41-51-61-73-65(69)57-47-37-29-28-35-45-55-63(53-43-33-20-16-12-8-4)75-67(71)59-49-38-26-18-14-10-6-2/h63-64H,5-62H2,1-4H3. The molecule has 0 amide bonds. The molecule has 0 spiro atoms. The highest BCUT2D eigenvalue weighted by molar-refractivity contribution is 5.70. The minimum atomic E-state index is -0.0520.